The van der Waals surface area contributed by atoms with Gasteiger partial charge in [0.05, 0.1) is 4.90 Å². The number of nitrogens with one attached hydrogen (secondary N) is 1. The van der Waals surface area contributed by atoms with Crippen molar-refractivity contribution in [3.8, 4) is 0 Å². The molecule has 0 radical (unpaired) electrons. The fourth-order valence-corrected chi connectivity index (χ4v) is 3.97. The Balaban J connectivity index is 1.95. The van der Waals surface area contributed by atoms with Gasteiger partial charge in [-0.2, -0.15) is 0 Å². The van der Waals surface area contributed by atoms with E-state index in [0.717, 1.165) is 17.5 Å². The third-order valence-corrected chi connectivity index (χ3v) is 5.37. The molecule has 2 atom stereocenters. The lowest BCUT2D eigenvalue weighted by atomic mass is 9.81. The maximum atomic E-state index is 11.5. The first-order valence-electron chi connectivity index (χ1n) is 7.91. The summed E-state index contributed by atoms with van der Waals surface area (Å²) in [6.45, 7) is 4.59. The van der Waals surface area contributed by atoms with Crippen molar-refractivity contribution in [2.24, 2.45) is 11.8 Å². The quantitative estimate of drug-likeness (QED) is 0.890. The molecule has 1 saturated carbocycles. The summed E-state index contributed by atoms with van der Waals surface area (Å²) in [4.78, 5) is 0.384. The van der Waals surface area contributed by atoms with Crippen LogP contribution in [0.25, 0.3) is 0 Å². The zero-order chi connectivity index (χ0) is 15.5. The highest BCUT2D eigenvalue weighted by Gasteiger charge is 2.22. The SMILES string of the molecule is CC(C)CC1CCCC(Nc2ccc(S(C)(=O)=O)cc2)C1. The second kappa shape index (κ2) is 6.82. The molecular weight excluding hydrogens is 282 g/mol. The molecule has 0 bridgehead atoms. The Morgan fingerprint density at radius 2 is 1.86 bits per heavy atom. The van der Waals surface area contributed by atoms with E-state index in [4.69, 9.17) is 0 Å². The van der Waals surface area contributed by atoms with Crippen molar-refractivity contribution in [3.63, 3.8) is 0 Å². The average molecular weight is 309 g/mol. The van der Waals surface area contributed by atoms with Crippen LogP contribution in [-0.2, 0) is 9.84 Å². The number of hydrogen-bond donors (Lipinski definition) is 1. The van der Waals surface area contributed by atoms with Crippen LogP contribution < -0.4 is 5.32 Å². The second-order valence-electron chi connectivity index (χ2n) is 6.80. The molecule has 1 aromatic rings. The van der Waals surface area contributed by atoms with E-state index < -0.39 is 9.84 Å². The Kier molecular flexibility index (Phi) is 5.31. The fraction of sp³-hybridized carbons (Fsp3) is 0.647. The molecule has 1 aromatic carbocycles. The summed E-state index contributed by atoms with van der Waals surface area (Å²) in [7, 11) is -3.10. The van der Waals surface area contributed by atoms with Gasteiger partial charge in [-0.15, -0.1) is 0 Å². The van der Waals surface area contributed by atoms with Crippen molar-refractivity contribution < 1.29 is 8.42 Å². The normalized spacial score (nSPS) is 23.2. The van der Waals surface area contributed by atoms with Crippen LogP contribution in [-0.4, -0.2) is 20.7 Å². The van der Waals surface area contributed by atoms with E-state index in [2.05, 4.69) is 19.2 Å². The van der Waals surface area contributed by atoms with Gasteiger partial charge in [0, 0.05) is 18.0 Å². The summed E-state index contributed by atoms with van der Waals surface area (Å²) in [6, 6.07) is 7.65. The molecule has 0 aromatic heterocycles. The van der Waals surface area contributed by atoms with Crippen LogP contribution >= 0.6 is 0 Å². The van der Waals surface area contributed by atoms with Crippen LogP contribution in [0.4, 0.5) is 5.69 Å². The maximum absolute atomic E-state index is 11.5. The minimum Gasteiger partial charge on any atom is -0.382 e. The standard InChI is InChI=1S/C17H27NO2S/c1-13(2)11-14-5-4-6-16(12-14)18-15-7-9-17(10-8-15)21(3,19)20/h7-10,13-14,16,18H,4-6,11-12H2,1-3H3. The molecule has 1 fully saturated rings. The summed E-state index contributed by atoms with van der Waals surface area (Å²) < 4.78 is 22.9. The minimum absolute atomic E-state index is 0.384. The Bertz CT molecular complexity index is 549. The fourth-order valence-electron chi connectivity index (χ4n) is 3.34. The number of hydrogen-bond acceptors (Lipinski definition) is 3. The molecule has 1 aliphatic carbocycles. The van der Waals surface area contributed by atoms with E-state index in [1.165, 1.54) is 38.4 Å². The van der Waals surface area contributed by atoms with Gasteiger partial charge in [0.2, 0.25) is 0 Å². The molecule has 0 amide bonds. The van der Waals surface area contributed by atoms with Crippen LogP contribution in [0.2, 0.25) is 0 Å². The monoisotopic (exact) mass is 309 g/mol. The van der Waals surface area contributed by atoms with Crippen molar-refractivity contribution in [3.05, 3.63) is 24.3 Å². The maximum Gasteiger partial charge on any atom is 0.175 e. The first-order chi connectivity index (χ1) is 9.84. The first-order valence-corrected chi connectivity index (χ1v) is 9.80. The molecule has 0 heterocycles. The molecule has 118 valence electrons. The Hall–Kier alpha value is -1.03. The molecule has 0 aliphatic heterocycles. The molecule has 0 saturated heterocycles. The first kappa shape index (κ1) is 16.3. The van der Waals surface area contributed by atoms with Crippen LogP contribution in [0.5, 0.6) is 0 Å². The van der Waals surface area contributed by atoms with Gasteiger partial charge in [0.15, 0.2) is 9.84 Å². The second-order valence-corrected chi connectivity index (χ2v) is 8.82. The van der Waals surface area contributed by atoms with Crippen LogP contribution in [0.15, 0.2) is 29.2 Å². The molecule has 1 aliphatic rings. The van der Waals surface area contributed by atoms with E-state index in [9.17, 15) is 8.42 Å². The van der Waals surface area contributed by atoms with Gasteiger partial charge in [-0.05, 0) is 55.4 Å². The molecule has 21 heavy (non-hydrogen) atoms. The number of benzene rings is 1. The molecule has 3 nitrogen and oxygen atoms in total. The summed E-state index contributed by atoms with van der Waals surface area (Å²) in [5, 5.41) is 3.57. The Morgan fingerprint density at radius 1 is 1.19 bits per heavy atom. The van der Waals surface area contributed by atoms with E-state index in [-0.39, 0.29) is 0 Å². The van der Waals surface area contributed by atoms with Gasteiger partial charge >= 0.3 is 0 Å². The van der Waals surface area contributed by atoms with Gasteiger partial charge in [-0.25, -0.2) is 8.42 Å². The van der Waals surface area contributed by atoms with Gasteiger partial charge in [0.25, 0.3) is 0 Å². The highest BCUT2D eigenvalue weighted by Crippen LogP contribution is 2.31. The number of anilines is 1. The highest BCUT2D eigenvalue weighted by molar-refractivity contribution is 7.90. The zero-order valence-corrected chi connectivity index (χ0v) is 14.1. The molecule has 2 rings (SSSR count). The lowest BCUT2D eigenvalue weighted by Gasteiger charge is -2.31. The van der Waals surface area contributed by atoms with Crippen LogP contribution in [0.1, 0.15) is 46.0 Å². The van der Waals surface area contributed by atoms with Gasteiger partial charge in [-0.3, -0.25) is 0 Å². The molecular formula is C17H27NO2S. The summed E-state index contributed by atoms with van der Waals surface area (Å²) >= 11 is 0. The highest BCUT2D eigenvalue weighted by atomic mass is 32.2. The van der Waals surface area contributed by atoms with Crippen molar-refractivity contribution in [1.29, 1.82) is 0 Å². The predicted octanol–water partition coefficient (Wildman–Crippen LogP) is 4.11. The van der Waals surface area contributed by atoms with Crippen molar-refractivity contribution >= 4 is 15.5 Å². The number of sulfone groups is 1. The molecule has 4 heteroatoms. The van der Waals surface area contributed by atoms with Crippen LogP contribution in [0, 0.1) is 11.8 Å². The smallest absolute Gasteiger partial charge is 0.175 e. The van der Waals surface area contributed by atoms with Gasteiger partial charge in [0.1, 0.15) is 0 Å². The van der Waals surface area contributed by atoms with E-state index in [1.54, 1.807) is 12.1 Å². The minimum atomic E-state index is -3.10. The summed E-state index contributed by atoms with van der Waals surface area (Å²) in [5.41, 5.74) is 1.03. The lowest BCUT2D eigenvalue weighted by Crippen LogP contribution is -2.27. The van der Waals surface area contributed by atoms with E-state index >= 15 is 0 Å². The molecule has 1 N–H and O–H groups in total. The average Bonchev–Trinajstić information content (AvgIpc) is 2.38. The van der Waals surface area contributed by atoms with Crippen molar-refractivity contribution in [2.75, 3.05) is 11.6 Å². The van der Waals surface area contributed by atoms with Crippen molar-refractivity contribution in [1.82, 2.24) is 0 Å². The van der Waals surface area contributed by atoms with Gasteiger partial charge in [-0.1, -0.05) is 26.7 Å². The van der Waals surface area contributed by atoms with Crippen LogP contribution in [0.3, 0.4) is 0 Å². The zero-order valence-electron chi connectivity index (χ0n) is 13.3. The van der Waals surface area contributed by atoms with E-state index in [0.29, 0.717) is 10.9 Å². The molecule has 0 spiro atoms. The van der Waals surface area contributed by atoms with Crippen molar-refractivity contribution in [2.45, 2.75) is 56.9 Å². The number of rotatable bonds is 5. The Morgan fingerprint density at radius 3 is 2.43 bits per heavy atom. The lowest BCUT2D eigenvalue weighted by molar-refractivity contribution is 0.289. The Labute approximate surface area is 129 Å². The topological polar surface area (TPSA) is 46.2 Å². The summed E-state index contributed by atoms with van der Waals surface area (Å²) in [5.74, 6) is 1.59. The van der Waals surface area contributed by atoms with Gasteiger partial charge < -0.3 is 5.32 Å². The van der Waals surface area contributed by atoms with E-state index in [1.807, 2.05) is 12.1 Å². The third kappa shape index (κ3) is 5.03. The predicted molar refractivity (Wildman–Crippen MR) is 88.4 cm³/mol. The summed E-state index contributed by atoms with van der Waals surface area (Å²) in [6.07, 6.45) is 7.63. The molecule has 2 unspecified atom stereocenters. The third-order valence-electron chi connectivity index (χ3n) is 4.24. The largest absolute Gasteiger partial charge is 0.382 e.